The van der Waals surface area contributed by atoms with E-state index in [4.69, 9.17) is 0 Å². The van der Waals surface area contributed by atoms with Gasteiger partial charge in [0, 0.05) is 0 Å². The molecule has 0 saturated carbocycles. The minimum absolute atomic E-state index is 0.00185. The molecule has 0 aromatic carbocycles. The van der Waals surface area contributed by atoms with Crippen LogP contribution in [0.3, 0.4) is 0 Å². The molecule has 0 atom stereocenters. The fraction of sp³-hybridized carbons (Fsp3) is 0. The zero-order valence-corrected chi connectivity index (χ0v) is 13.4. The molecule has 0 radical (unpaired) electrons. The second-order valence-electron chi connectivity index (χ2n) is 2.44. The zero-order valence-electron chi connectivity index (χ0n) is 6.07. The van der Waals surface area contributed by atoms with Crippen molar-refractivity contribution in [3.8, 4) is 0 Å². The fourth-order valence-electron chi connectivity index (χ4n) is 1.05. The average molecular weight is 422 g/mol. The first kappa shape index (κ1) is 9.51. The van der Waals surface area contributed by atoms with Gasteiger partial charge in [0.15, 0.2) is 0 Å². The Morgan fingerprint density at radius 3 is 1.42 bits per heavy atom. The quantitative estimate of drug-likeness (QED) is 0.564. The first-order chi connectivity index (χ1) is 5.75. The number of hydrogen-bond acceptors (Lipinski definition) is 0. The molecular weight excluding hydrogens is 414 g/mol. The number of allylic oxidation sites excluding steroid dienone is 6. The van der Waals surface area contributed by atoms with Crippen molar-refractivity contribution in [2.75, 3.05) is 0 Å². The van der Waals surface area contributed by atoms with Crippen LogP contribution < -0.4 is 0 Å². The normalized spacial score (nSPS) is 28.5. The summed E-state index contributed by atoms with van der Waals surface area (Å²) in [6, 6.07) is 0. The van der Waals surface area contributed by atoms with Crippen LogP contribution >= 0.6 is 31.9 Å². The predicted molar refractivity (Wildman–Crippen MR) is 67.3 cm³/mol. The van der Waals surface area contributed by atoms with Crippen LogP contribution in [-0.4, -0.2) is 29.9 Å². The maximum atomic E-state index is 3.56. The summed E-state index contributed by atoms with van der Waals surface area (Å²) in [5.41, 5.74) is 0. The molecule has 2 aliphatic rings. The van der Waals surface area contributed by atoms with Crippen LogP contribution in [0, 0.1) is 0 Å². The van der Waals surface area contributed by atoms with Crippen molar-refractivity contribution in [1.82, 2.24) is 0 Å². The second kappa shape index (κ2) is 4.00. The molecule has 0 bridgehead atoms. The van der Waals surface area contributed by atoms with Crippen molar-refractivity contribution in [3.05, 3.63) is 40.0 Å². The maximum absolute atomic E-state index is 3.56. The van der Waals surface area contributed by atoms with Gasteiger partial charge < -0.3 is 0 Å². The molecule has 0 unspecified atom stereocenters. The monoisotopic (exact) mass is 422 g/mol. The van der Waals surface area contributed by atoms with Gasteiger partial charge >= 0.3 is 102 Å². The van der Waals surface area contributed by atoms with Gasteiger partial charge in [-0.25, -0.2) is 0 Å². The van der Waals surface area contributed by atoms with Crippen LogP contribution in [0.15, 0.2) is 40.0 Å². The Labute approximate surface area is 101 Å². The third-order valence-electron chi connectivity index (χ3n) is 1.59. The molecule has 2 heterocycles. The van der Waals surface area contributed by atoms with E-state index in [9.17, 15) is 0 Å². The van der Waals surface area contributed by atoms with E-state index in [1.54, 1.807) is 8.94 Å². The molecule has 0 fully saturated rings. The molecule has 12 heavy (non-hydrogen) atoms. The molecule has 0 nitrogen and oxygen atoms in total. The van der Waals surface area contributed by atoms with Crippen LogP contribution in [0.1, 0.15) is 0 Å². The van der Waals surface area contributed by atoms with E-state index in [-0.39, 0.29) is 29.9 Å². The van der Waals surface area contributed by atoms with Crippen molar-refractivity contribution in [2.45, 2.75) is 0 Å². The van der Waals surface area contributed by atoms with Gasteiger partial charge in [-0.1, -0.05) is 0 Å². The Balaban J connectivity index is 2.07. The van der Waals surface area contributed by atoms with Gasteiger partial charge in [0.2, 0.25) is 0 Å². The topological polar surface area (TPSA) is 0 Å². The van der Waals surface area contributed by atoms with Crippen molar-refractivity contribution in [1.29, 1.82) is 0 Å². The Kier molecular flexibility index (Phi) is 3.17. The molecule has 0 aromatic rings. The van der Waals surface area contributed by atoms with Gasteiger partial charge in [0.1, 0.15) is 0 Å². The molecule has 0 saturated heterocycles. The zero-order chi connectivity index (χ0) is 8.55. The summed E-state index contributed by atoms with van der Waals surface area (Å²) in [7, 11) is 0. The first-order valence-electron chi connectivity index (χ1n) is 3.45. The van der Waals surface area contributed by atoms with E-state index in [1.165, 1.54) is 6.76 Å². The molecular formula is C8H8Br2Se2. The second-order valence-corrected chi connectivity index (χ2v) is 12.8. The van der Waals surface area contributed by atoms with Crippen LogP contribution in [0.2, 0.25) is 0 Å². The Morgan fingerprint density at radius 2 is 1.17 bits per heavy atom. The SMILES string of the molecule is BrC1=CC=C(C2=CC=C(Br)[SeH2]2)[SeH2]1. The van der Waals surface area contributed by atoms with E-state index in [0.29, 0.717) is 0 Å². The number of halogens is 2. The van der Waals surface area contributed by atoms with E-state index >= 15 is 0 Å². The fourth-order valence-corrected chi connectivity index (χ4v) is 8.29. The van der Waals surface area contributed by atoms with Gasteiger partial charge in [-0.05, 0) is 0 Å². The third kappa shape index (κ3) is 2.06. The van der Waals surface area contributed by atoms with Crippen molar-refractivity contribution in [2.24, 2.45) is 0 Å². The minimum atomic E-state index is -0.00185. The molecule has 2 aliphatic heterocycles. The Hall–Kier alpha value is 0.959. The van der Waals surface area contributed by atoms with E-state index in [0.717, 1.165) is 0 Å². The molecule has 0 aliphatic carbocycles. The molecule has 0 N–H and O–H groups in total. The van der Waals surface area contributed by atoms with Crippen LogP contribution in [0.25, 0.3) is 0 Å². The summed E-state index contributed by atoms with van der Waals surface area (Å²) in [6.45, 7) is 0. The molecule has 2 rings (SSSR count). The standard InChI is InChI=1S/C8H8Br2Se2/c9-7-3-1-5(11-7)6-2-4-8(10)12-6/h1-4H,11-12H2. The van der Waals surface area contributed by atoms with Gasteiger partial charge in [-0.3, -0.25) is 0 Å². The molecule has 0 aromatic heterocycles. The summed E-state index contributed by atoms with van der Waals surface area (Å²) < 4.78 is 6.08. The van der Waals surface area contributed by atoms with E-state index < -0.39 is 0 Å². The summed E-state index contributed by atoms with van der Waals surface area (Å²) in [4.78, 5) is 0. The van der Waals surface area contributed by atoms with Gasteiger partial charge in [-0.2, -0.15) is 0 Å². The molecule has 0 amide bonds. The Morgan fingerprint density at radius 1 is 0.750 bits per heavy atom. The molecule has 4 heteroatoms. The number of rotatable bonds is 1. The third-order valence-corrected chi connectivity index (χ3v) is 9.94. The first-order valence-corrected chi connectivity index (χ1v) is 9.23. The number of hydrogen-bond donors (Lipinski definition) is 0. The summed E-state index contributed by atoms with van der Waals surface area (Å²) >= 11 is 7.12. The predicted octanol–water partition coefficient (Wildman–Crippen LogP) is 1.59. The Bertz CT molecular complexity index is 303. The molecule has 0 spiro atoms. The van der Waals surface area contributed by atoms with Crippen molar-refractivity contribution >= 4 is 61.8 Å². The van der Waals surface area contributed by atoms with Gasteiger partial charge in [0.25, 0.3) is 0 Å². The van der Waals surface area contributed by atoms with E-state index in [2.05, 4.69) is 56.2 Å². The van der Waals surface area contributed by atoms with Crippen LogP contribution in [0.5, 0.6) is 0 Å². The average Bonchev–Trinajstić information content (AvgIpc) is 2.58. The molecule has 66 valence electrons. The van der Waals surface area contributed by atoms with Crippen LogP contribution in [0.4, 0.5) is 0 Å². The van der Waals surface area contributed by atoms with Gasteiger partial charge in [0.05, 0.1) is 0 Å². The summed E-state index contributed by atoms with van der Waals surface area (Å²) in [5, 5.41) is 0. The summed E-state index contributed by atoms with van der Waals surface area (Å²) in [6.07, 6.45) is 8.96. The van der Waals surface area contributed by atoms with E-state index in [1.807, 2.05) is 0 Å². The summed E-state index contributed by atoms with van der Waals surface area (Å²) in [5.74, 6) is 0. The van der Waals surface area contributed by atoms with Crippen molar-refractivity contribution < 1.29 is 0 Å². The van der Waals surface area contributed by atoms with Crippen molar-refractivity contribution in [3.63, 3.8) is 0 Å². The van der Waals surface area contributed by atoms with Crippen LogP contribution in [-0.2, 0) is 0 Å². The van der Waals surface area contributed by atoms with Gasteiger partial charge in [-0.15, -0.1) is 0 Å².